The molecular formula is C16H28N4O. The first kappa shape index (κ1) is 16.0. The molecule has 1 atom stereocenters. The molecule has 5 nitrogen and oxygen atoms in total. The lowest BCUT2D eigenvalue weighted by Crippen LogP contribution is -2.34. The molecule has 5 heteroatoms. The molecule has 21 heavy (non-hydrogen) atoms. The molecule has 1 fully saturated rings. The summed E-state index contributed by atoms with van der Waals surface area (Å²) in [5, 5.41) is 7.28. The lowest BCUT2D eigenvalue weighted by atomic mass is 10.1. The molecule has 0 radical (unpaired) electrons. The van der Waals surface area contributed by atoms with Gasteiger partial charge in [-0.3, -0.25) is 9.48 Å². The second kappa shape index (κ2) is 6.60. The average molecular weight is 292 g/mol. The zero-order chi connectivity index (χ0) is 15.5. The summed E-state index contributed by atoms with van der Waals surface area (Å²) in [7, 11) is 0. The maximum atomic E-state index is 12.1. The summed E-state index contributed by atoms with van der Waals surface area (Å²) in [4.78, 5) is 14.6. The molecule has 1 aromatic heterocycles. The van der Waals surface area contributed by atoms with E-state index >= 15 is 0 Å². The Labute approximate surface area is 127 Å². The predicted molar refractivity (Wildman–Crippen MR) is 84.4 cm³/mol. The van der Waals surface area contributed by atoms with E-state index in [0.717, 1.165) is 13.1 Å². The third-order valence-electron chi connectivity index (χ3n) is 3.91. The van der Waals surface area contributed by atoms with Crippen molar-refractivity contribution < 1.29 is 4.79 Å². The number of hydrogen-bond donors (Lipinski definition) is 1. The van der Waals surface area contributed by atoms with Crippen LogP contribution < -0.4 is 5.32 Å². The summed E-state index contributed by atoms with van der Waals surface area (Å²) in [5.41, 5.74) is 0.542. The van der Waals surface area contributed by atoms with Crippen molar-refractivity contribution in [3.05, 3.63) is 18.0 Å². The Kier molecular flexibility index (Phi) is 5.04. The lowest BCUT2D eigenvalue weighted by Gasteiger charge is -2.20. The summed E-state index contributed by atoms with van der Waals surface area (Å²) in [6.07, 6.45) is 6.09. The minimum absolute atomic E-state index is 0.0289. The van der Waals surface area contributed by atoms with E-state index in [4.69, 9.17) is 0 Å². The summed E-state index contributed by atoms with van der Waals surface area (Å²) >= 11 is 0. The number of likely N-dealkylation sites (tertiary alicyclic amines) is 1. The van der Waals surface area contributed by atoms with Crippen LogP contribution in [-0.4, -0.2) is 46.8 Å². The SMILES string of the molecule is C[C@H](CNC(=O)c1cnn(C(C)(C)C)c1)CN1CCCC1. The highest BCUT2D eigenvalue weighted by atomic mass is 16.1. The quantitative estimate of drug-likeness (QED) is 0.904. The number of hydrogen-bond acceptors (Lipinski definition) is 3. The summed E-state index contributed by atoms with van der Waals surface area (Å²) < 4.78 is 1.83. The van der Waals surface area contributed by atoms with Crippen molar-refractivity contribution in [3.8, 4) is 0 Å². The van der Waals surface area contributed by atoms with E-state index in [-0.39, 0.29) is 11.4 Å². The smallest absolute Gasteiger partial charge is 0.254 e. The topological polar surface area (TPSA) is 50.2 Å². The number of carbonyl (C=O) groups excluding carboxylic acids is 1. The molecule has 1 aliphatic heterocycles. The molecule has 1 aromatic rings. The van der Waals surface area contributed by atoms with Gasteiger partial charge < -0.3 is 10.2 Å². The number of nitrogens with one attached hydrogen (secondary N) is 1. The molecule has 0 bridgehead atoms. The minimum Gasteiger partial charge on any atom is -0.352 e. The maximum absolute atomic E-state index is 12.1. The fourth-order valence-corrected chi connectivity index (χ4v) is 2.65. The molecule has 118 valence electrons. The Morgan fingerprint density at radius 2 is 2.05 bits per heavy atom. The fourth-order valence-electron chi connectivity index (χ4n) is 2.65. The van der Waals surface area contributed by atoms with Crippen LogP contribution >= 0.6 is 0 Å². The monoisotopic (exact) mass is 292 g/mol. The maximum Gasteiger partial charge on any atom is 0.254 e. The van der Waals surface area contributed by atoms with Crippen LogP contribution in [0.1, 0.15) is 50.9 Å². The van der Waals surface area contributed by atoms with E-state index < -0.39 is 0 Å². The van der Waals surface area contributed by atoms with Gasteiger partial charge in [0.05, 0.1) is 17.3 Å². The number of carbonyl (C=O) groups is 1. The third kappa shape index (κ3) is 4.56. The molecule has 1 aliphatic rings. The van der Waals surface area contributed by atoms with E-state index in [2.05, 4.69) is 43.0 Å². The third-order valence-corrected chi connectivity index (χ3v) is 3.91. The average Bonchev–Trinajstić information content (AvgIpc) is 3.05. The summed E-state index contributed by atoms with van der Waals surface area (Å²) in [6.45, 7) is 12.6. The second-order valence-corrected chi connectivity index (χ2v) is 7.17. The Hall–Kier alpha value is -1.36. The lowest BCUT2D eigenvalue weighted by molar-refractivity contribution is 0.0945. The number of amides is 1. The normalized spacial score (nSPS) is 17.9. The highest BCUT2D eigenvalue weighted by Gasteiger charge is 2.18. The molecule has 0 spiro atoms. The highest BCUT2D eigenvalue weighted by molar-refractivity contribution is 5.93. The van der Waals surface area contributed by atoms with E-state index in [0.29, 0.717) is 11.5 Å². The van der Waals surface area contributed by atoms with Crippen LogP contribution in [0, 0.1) is 5.92 Å². The Balaban J connectivity index is 1.79. The standard InChI is InChI=1S/C16H28N4O/c1-13(11-19-7-5-6-8-19)9-17-15(21)14-10-18-20(12-14)16(2,3)4/h10,12-13H,5-9,11H2,1-4H3,(H,17,21)/t13-/m1/s1. The molecule has 2 heterocycles. The summed E-state index contributed by atoms with van der Waals surface area (Å²) in [5.74, 6) is 0.448. The first-order valence-electron chi connectivity index (χ1n) is 7.92. The van der Waals surface area contributed by atoms with Gasteiger partial charge in [-0.2, -0.15) is 5.10 Å². The first-order valence-corrected chi connectivity index (χ1v) is 7.92. The number of nitrogens with zero attached hydrogens (tertiary/aromatic N) is 3. The van der Waals surface area contributed by atoms with Crippen molar-refractivity contribution in [2.75, 3.05) is 26.2 Å². The molecule has 1 N–H and O–H groups in total. The van der Waals surface area contributed by atoms with Crippen LogP contribution in [-0.2, 0) is 5.54 Å². The van der Waals surface area contributed by atoms with Gasteiger partial charge in [0, 0.05) is 19.3 Å². The van der Waals surface area contributed by atoms with Crippen molar-refractivity contribution in [1.29, 1.82) is 0 Å². The zero-order valence-electron chi connectivity index (χ0n) is 13.7. The van der Waals surface area contributed by atoms with Gasteiger partial charge in [0.1, 0.15) is 0 Å². The van der Waals surface area contributed by atoms with E-state index in [1.807, 2.05) is 10.9 Å². The van der Waals surface area contributed by atoms with Gasteiger partial charge in [-0.1, -0.05) is 6.92 Å². The highest BCUT2D eigenvalue weighted by Crippen LogP contribution is 2.13. The molecule has 1 saturated heterocycles. The van der Waals surface area contributed by atoms with Gasteiger partial charge in [-0.25, -0.2) is 0 Å². The van der Waals surface area contributed by atoms with Crippen LogP contribution in [0.3, 0.4) is 0 Å². The number of aromatic nitrogens is 2. The van der Waals surface area contributed by atoms with Crippen LogP contribution in [0.5, 0.6) is 0 Å². The van der Waals surface area contributed by atoms with Crippen LogP contribution in [0.2, 0.25) is 0 Å². The fraction of sp³-hybridized carbons (Fsp3) is 0.750. The van der Waals surface area contributed by atoms with E-state index in [1.54, 1.807) is 6.20 Å². The molecule has 1 amide bonds. The van der Waals surface area contributed by atoms with Crippen molar-refractivity contribution >= 4 is 5.91 Å². The van der Waals surface area contributed by atoms with Crippen molar-refractivity contribution in [2.24, 2.45) is 5.92 Å². The van der Waals surface area contributed by atoms with Gasteiger partial charge in [0.2, 0.25) is 0 Å². The molecule has 0 unspecified atom stereocenters. The Morgan fingerprint density at radius 1 is 1.38 bits per heavy atom. The first-order chi connectivity index (χ1) is 9.86. The van der Waals surface area contributed by atoms with Crippen LogP contribution in [0.4, 0.5) is 0 Å². The van der Waals surface area contributed by atoms with Crippen molar-refractivity contribution in [1.82, 2.24) is 20.0 Å². The van der Waals surface area contributed by atoms with Crippen molar-refractivity contribution in [2.45, 2.75) is 46.1 Å². The minimum atomic E-state index is -0.0957. The van der Waals surface area contributed by atoms with Gasteiger partial charge >= 0.3 is 0 Å². The van der Waals surface area contributed by atoms with Crippen LogP contribution in [0.25, 0.3) is 0 Å². The second-order valence-electron chi connectivity index (χ2n) is 7.17. The Bertz CT molecular complexity index is 469. The molecule has 0 aromatic carbocycles. The van der Waals surface area contributed by atoms with Crippen LogP contribution in [0.15, 0.2) is 12.4 Å². The predicted octanol–water partition coefficient (Wildman–Crippen LogP) is 2.10. The van der Waals surface area contributed by atoms with Gasteiger partial charge in [0.15, 0.2) is 0 Å². The molecule has 2 rings (SSSR count). The van der Waals surface area contributed by atoms with Gasteiger partial charge in [0.25, 0.3) is 5.91 Å². The zero-order valence-corrected chi connectivity index (χ0v) is 13.7. The van der Waals surface area contributed by atoms with Gasteiger partial charge in [-0.15, -0.1) is 0 Å². The van der Waals surface area contributed by atoms with E-state index in [9.17, 15) is 4.79 Å². The largest absolute Gasteiger partial charge is 0.352 e. The molecule has 0 saturated carbocycles. The van der Waals surface area contributed by atoms with E-state index in [1.165, 1.54) is 25.9 Å². The number of rotatable bonds is 5. The Morgan fingerprint density at radius 3 is 2.62 bits per heavy atom. The summed E-state index contributed by atoms with van der Waals surface area (Å²) in [6, 6.07) is 0. The molecular weight excluding hydrogens is 264 g/mol. The van der Waals surface area contributed by atoms with Gasteiger partial charge in [-0.05, 0) is 52.6 Å². The van der Waals surface area contributed by atoms with Crippen molar-refractivity contribution in [3.63, 3.8) is 0 Å². The molecule has 0 aliphatic carbocycles.